The van der Waals surface area contributed by atoms with Crippen molar-refractivity contribution in [3.63, 3.8) is 0 Å². The van der Waals surface area contributed by atoms with Crippen molar-refractivity contribution in [2.75, 3.05) is 0 Å². The van der Waals surface area contributed by atoms with E-state index in [1.807, 2.05) is 103 Å². The molecule has 0 saturated carbocycles. The maximum absolute atomic E-state index is 8.52. The number of hydrogen-bond donors (Lipinski definition) is 0. The van der Waals surface area contributed by atoms with Crippen LogP contribution in [-0.4, -0.2) is 9.97 Å². The first-order chi connectivity index (χ1) is 29.6. The number of hydrogen-bond acceptors (Lipinski definition) is 5. The molecule has 1 aliphatic heterocycles. The van der Waals surface area contributed by atoms with Gasteiger partial charge in [-0.3, -0.25) is 0 Å². The van der Waals surface area contributed by atoms with Gasteiger partial charge in [-0.05, 0) is 99.1 Å². The number of benzene rings is 8. The zero-order valence-corrected chi connectivity index (χ0v) is 31.7. The molecule has 8 aromatic carbocycles. The van der Waals surface area contributed by atoms with E-state index >= 15 is 0 Å². The fraction of sp³-hybridized carbons (Fsp3) is 0.0189. The fourth-order valence-electron chi connectivity index (χ4n) is 9.27. The van der Waals surface area contributed by atoms with E-state index in [9.17, 15) is 0 Å². The molecule has 278 valence electrons. The van der Waals surface area contributed by atoms with Gasteiger partial charge in [0, 0.05) is 22.3 Å². The molecule has 0 radical (unpaired) electrons. The molecule has 2 aliphatic rings. The van der Waals surface area contributed by atoms with Crippen LogP contribution in [0.3, 0.4) is 0 Å². The number of rotatable bonds is 4. The summed E-state index contributed by atoms with van der Waals surface area (Å²) in [5.41, 5.74) is 13.8. The molecular weight excluding hydrogens is 741 g/mol. The van der Waals surface area contributed by atoms with Gasteiger partial charge >= 0.3 is 0 Å². The number of oxazole rings is 2. The van der Waals surface area contributed by atoms with Crippen molar-refractivity contribution in [1.29, 1.82) is 0 Å². The zero-order chi connectivity index (χ0) is 40.0. The van der Waals surface area contributed by atoms with Gasteiger partial charge in [0.1, 0.15) is 22.5 Å². The number of para-hydroxylation sites is 6. The SMILES string of the molecule is [C-]#[N+]c1cc(-c2ccc3c(c2)C2(c4ccccc4Oc4ccccc42)c2ccccc2-3)c([N+]#[C-])cc1-c1cc(-c2nc3ccccc3o2)cc(-c2nc3ccccc3o2)c1. The van der Waals surface area contributed by atoms with Gasteiger partial charge < -0.3 is 13.6 Å². The molecule has 60 heavy (non-hydrogen) atoms. The first kappa shape index (κ1) is 33.6. The Morgan fingerprint density at radius 2 is 0.883 bits per heavy atom. The molecule has 0 amide bonds. The lowest BCUT2D eigenvalue weighted by Crippen LogP contribution is -2.32. The van der Waals surface area contributed by atoms with Gasteiger partial charge in [-0.25, -0.2) is 19.7 Å². The molecule has 7 heteroatoms. The quantitative estimate of drug-likeness (QED) is 0.167. The summed E-state index contributed by atoms with van der Waals surface area (Å²) >= 11 is 0. The molecule has 1 spiro atoms. The van der Waals surface area contributed by atoms with E-state index in [1.165, 1.54) is 5.56 Å². The van der Waals surface area contributed by atoms with Crippen LogP contribution in [0.2, 0.25) is 0 Å². The van der Waals surface area contributed by atoms with Gasteiger partial charge in [-0.15, -0.1) is 0 Å². The lowest BCUT2D eigenvalue weighted by atomic mass is 9.66. The highest BCUT2D eigenvalue weighted by Gasteiger charge is 2.51. The molecular formula is C53H28N4O3. The third-order valence-electron chi connectivity index (χ3n) is 11.8. The second-order valence-electron chi connectivity index (χ2n) is 15.0. The molecule has 1 aliphatic carbocycles. The third kappa shape index (κ3) is 4.81. The fourth-order valence-corrected chi connectivity index (χ4v) is 9.27. The summed E-state index contributed by atoms with van der Waals surface area (Å²) in [5.74, 6) is 2.46. The predicted octanol–water partition coefficient (Wildman–Crippen LogP) is 14.2. The topological polar surface area (TPSA) is 70.0 Å². The summed E-state index contributed by atoms with van der Waals surface area (Å²) in [6.07, 6.45) is 0. The predicted molar refractivity (Wildman–Crippen MR) is 233 cm³/mol. The van der Waals surface area contributed by atoms with Gasteiger partial charge in [0.2, 0.25) is 11.8 Å². The van der Waals surface area contributed by atoms with Gasteiger partial charge in [0.25, 0.3) is 0 Å². The van der Waals surface area contributed by atoms with E-state index in [0.29, 0.717) is 62.1 Å². The van der Waals surface area contributed by atoms with Crippen molar-refractivity contribution >= 4 is 33.6 Å². The van der Waals surface area contributed by atoms with Crippen LogP contribution in [0, 0.1) is 13.1 Å². The molecule has 0 saturated heterocycles. The smallest absolute Gasteiger partial charge is 0.227 e. The van der Waals surface area contributed by atoms with E-state index < -0.39 is 5.41 Å². The number of aromatic nitrogens is 2. The maximum atomic E-state index is 8.52. The third-order valence-corrected chi connectivity index (χ3v) is 11.8. The Hall–Kier alpha value is -8.52. The Kier molecular flexibility index (Phi) is 7.14. The summed E-state index contributed by atoms with van der Waals surface area (Å²) in [6, 6.07) is 56.3. The van der Waals surface area contributed by atoms with Crippen LogP contribution in [0.25, 0.3) is 88.2 Å². The summed E-state index contributed by atoms with van der Waals surface area (Å²) in [5, 5.41) is 0. The van der Waals surface area contributed by atoms with Gasteiger partial charge in [0.15, 0.2) is 22.5 Å². The molecule has 12 rings (SSSR count). The number of fused-ring (bicyclic) bond motifs is 11. The Labute approximate surface area is 344 Å². The van der Waals surface area contributed by atoms with Gasteiger partial charge in [0.05, 0.1) is 18.6 Å². The highest BCUT2D eigenvalue weighted by Crippen LogP contribution is 2.62. The lowest BCUT2D eigenvalue weighted by molar-refractivity contribution is 0.436. The van der Waals surface area contributed by atoms with E-state index in [2.05, 4.69) is 76.4 Å². The monoisotopic (exact) mass is 768 g/mol. The molecule has 0 N–H and O–H groups in total. The molecule has 2 aromatic heterocycles. The van der Waals surface area contributed by atoms with Crippen molar-refractivity contribution < 1.29 is 13.6 Å². The minimum absolute atomic E-state index is 0.399. The minimum atomic E-state index is -0.666. The average molecular weight is 769 g/mol. The van der Waals surface area contributed by atoms with Crippen LogP contribution in [0.5, 0.6) is 11.5 Å². The van der Waals surface area contributed by atoms with Crippen molar-refractivity contribution in [3.8, 4) is 67.8 Å². The molecule has 0 unspecified atom stereocenters. The number of ether oxygens (including phenoxy) is 1. The number of nitrogens with zero attached hydrogens (tertiary/aromatic N) is 4. The van der Waals surface area contributed by atoms with Crippen LogP contribution in [0.1, 0.15) is 22.3 Å². The average Bonchev–Trinajstić information content (AvgIpc) is 4.02. The Balaban J connectivity index is 1.06. The van der Waals surface area contributed by atoms with E-state index in [-0.39, 0.29) is 0 Å². The van der Waals surface area contributed by atoms with Crippen LogP contribution in [-0.2, 0) is 5.41 Å². The summed E-state index contributed by atoms with van der Waals surface area (Å²) in [6.45, 7) is 17.0. The molecule has 7 nitrogen and oxygen atoms in total. The van der Waals surface area contributed by atoms with E-state index in [1.54, 1.807) is 0 Å². The Morgan fingerprint density at radius 3 is 1.47 bits per heavy atom. The standard InChI is InChI=1S/C53H28N4O3/c1-54-45-30-38(32-25-33(51-56-43-17-7-11-21-49(43)59-51)27-34(26-32)52-57-44-18-8-12-22-50(44)60-52)46(55-2)29-37(45)31-23-24-36-35-13-3-4-14-39(35)53(42(36)28-31)40-15-5-9-19-47(40)58-48-20-10-6-16-41(48)53/h3-30H. The van der Waals surface area contributed by atoms with Crippen LogP contribution in [0.15, 0.2) is 179 Å². The van der Waals surface area contributed by atoms with Crippen LogP contribution in [0.4, 0.5) is 11.4 Å². The van der Waals surface area contributed by atoms with Crippen molar-refractivity contribution in [2.45, 2.75) is 5.41 Å². The summed E-state index contributed by atoms with van der Waals surface area (Å²) < 4.78 is 19.0. The lowest BCUT2D eigenvalue weighted by Gasteiger charge is -2.39. The van der Waals surface area contributed by atoms with Crippen molar-refractivity contribution in [1.82, 2.24) is 9.97 Å². The second-order valence-corrected chi connectivity index (χ2v) is 15.0. The second kappa shape index (κ2) is 12.7. The molecule has 0 fully saturated rings. The summed E-state index contributed by atoms with van der Waals surface area (Å²) in [7, 11) is 0. The first-order valence-electron chi connectivity index (χ1n) is 19.5. The summed E-state index contributed by atoms with van der Waals surface area (Å²) in [4.78, 5) is 17.8. The maximum Gasteiger partial charge on any atom is 0.227 e. The zero-order valence-electron chi connectivity index (χ0n) is 31.7. The highest BCUT2D eigenvalue weighted by atomic mass is 16.5. The Morgan fingerprint density at radius 1 is 0.400 bits per heavy atom. The van der Waals surface area contributed by atoms with E-state index in [0.717, 1.165) is 55.9 Å². The first-order valence-corrected chi connectivity index (χ1v) is 19.5. The molecule has 0 atom stereocenters. The van der Waals surface area contributed by atoms with Gasteiger partial charge in [-0.2, -0.15) is 0 Å². The molecule has 0 bridgehead atoms. The Bertz CT molecular complexity index is 3320. The normalized spacial score (nSPS) is 12.9. The largest absolute Gasteiger partial charge is 0.457 e. The van der Waals surface area contributed by atoms with Gasteiger partial charge in [-0.1, -0.05) is 115 Å². The van der Waals surface area contributed by atoms with Crippen molar-refractivity contribution in [2.24, 2.45) is 0 Å². The minimum Gasteiger partial charge on any atom is -0.457 e. The highest BCUT2D eigenvalue weighted by molar-refractivity contribution is 5.96. The van der Waals surface area contributed by atoms with Crippen molar-refractivity contribution in [3.05, 3.63) is 215 Å². The van der Waals surface area contributed by atoms with Crippen LogP contribution < -0.4 is 4.74 Å². The molecule has 3 heterocycles. The van der Waals surface area contributed by atoms with E-state index in [4.69, 9.17) is 36.7 Å². The molecule has 10 aromatic rings. The van der Waals surface area contributed by atoms with Crippen LogP contribution >= 0.6 is 0 Å².